The monoisotopic (exact) mass is 234 g/mol. The van der Waals surface area contributed by atoms with Crippen LogP contribution >= 0.6 is 11.3 Å². The molecule has 0 saturated carbocycles. The van der Waals surface area contributed by atoms with E-state index in [4.69, 9.17) is 5.11 Å². The third kappa shape index (κ3) is 1.71. The fourth-order valence-corrected chi connectivity index (χ4v) is 3.11. The maximum atomic E-state index is 11.1. The van der Waals surface area contributed by atoms with Crippen molar-refractivity contribution >= 4 is 27.4 Å². The molecule has 0 aliphatic heterocycles. The second-order valence-corrected chi connectivity index (χ2v) is 5.77. The molecule has 0 atom stereocenters. The molecule has 0 spiro atoms. The number of thiophene rings is 1. The molecule has 84 valence electrons. The van der Waals surface area contributed by atoms with Crippen molar-refractivity contribution < 1.29 is 9.90 Å². The Morgan fingerprint density at radius 3 is 2.56 bits per heavy atom. The number of rotatable bonds is 1. The lowest BCUT2D eigenvalue weighted by atomic mass is 9.86. The van der Waals surface area contributed by atoms with E-state index in [-0.39, 0.29) is 5.41 Å². The molecule has 2 rings (SSSR count). The molecule has 16 heavy (non-hydrogen) atoms. The fourth-order valence-electron chi connectivity index (χ4n) is 1.81. The number of carbonyl (C=O) groups is 1. The molecule has 0 unspecified atom stereocenters. The number of carboxylic acids is 1. The van der Waals surface area contributed by atoms with Crippen molar-refractivity contribution in [1.29, 1.82) is 0 Å². The van der Waals surface area contributed by atoms with Crippen LogP contribution in [0.5, 0.6) is 0 Å². The van der Waals surface area contributed by atoms with Gasteiger partial charge in [-0.3, -0.25) is 0 Å². The Morgan fingerprint density at radius 1 is 1.31 bits per heavy atom. The number of carboxylic acid groups (broad SMARTS) is 1. The van der Waals surface area contributed by atoms with Crippen LogP contribution in [0, 0.1) is 0 Å². The van der Waals surface area contributed by atoms with Gasteiger partial charge in [0, 0.05) is 4.70 Å². The Hall–Kier alpha value is -1.35. The van der Waals surface area contributed by atoms with Gasteiger partial charge < -0.3 is 5.11 Å². The molecule has 3 heteroatoms. The largest absolute Gasteiger partial charge is 0.478 e. The molecule has 2 nitrogen and oxygen atoms in total. The van der Waals surface area contributed by atoms with Gasteiger partial charge in [-0.25, -0.2) is 4.79 Å². The Labute approximate surface area is 98.5 Å². The van der Waals surface area contributed by atoms with E-state index in [1.165, 1.54) is 16.9 Å². The van der Waals surface area contributed by atoms with Crippen molar-refractivity contribution in [3.8, 4) is 0 Å². The third-order valence-electron chi connectivity index (χ3n) is 2.64. The Morgan fingerprint density at radius 2 is 2.00 bits per heavy atom. The van der Waals surface area contributed by atoms with E-state index in [9.17, 15) is 4.79 Å². The minimum absolute atomic E-state index is 0.0510. The summed E-state index contributed by atoms with van der Waals surface area (Å²) in [6.07, 6.45) is 0. The number of aromatic carboxylic acids is 1. The molecule has 0 aliphatic carbocycles. The first-order chi connectivity index (χ1) is 7.41. The lowest BCUT2D eigenvalue weighted by Gasteiger charge is -2.17. The minimum Gasteiger partial charge on any atom is -0.478 e. The first-order valence-corrected chi connectivity index (χ1v) is 6.03. The maximum Gasteiger partial charge on any atom is 0.337 e. The van der Waals surface area contributed by atoms with Gasteiger partial charge in [-0.2, -0.15) is 0 Å². The standard InChI is InChI=1S/C13H14O2S/c1-13(2,3)10-7-16-11-8(10)5-4-6-9(11)12(14)15/h4-7H,1-3H3,(H,14,15). The fraction of sp³-hybridized carbons (Fsp3) is 0.308. The van der Waals surface area contributed by atoms with Crippen molar-refractivity contribution in [3.63, 3.8) is 0 Å². The highest BCUT2D eigenvalue weighted by molar-refractivity contribution is 7.17. The van der Waals surface area contributed by atoms with Crippen molar-refractivity contribution in [2.75, 3.05) is 0 Å². The van der Waals surface area contributed by atoms with Gasteiger partial charge in [0.1, 0.15) is 0 Å². The smallest absolute Gasteiger partial charge is 0.337 e. The lowest BCUT2D eigenvalue weighted by Crippen LogP contribution is -2.09. The molecule has 0 bridgehead atoms. The summed E-state index contributed by atoms with van der Waals surface area (Å²) >= 11 is 1.51. The van der Waals surface area contributed by atoms with Crippen LogP contribution in [0.4, 0.5) is 0 Å². The first-order valence-electron chi connectivity index (χ1n) is 5.15. The van der Waals surface area contributed by atoms with E-state index in [1.807, 2.05) is 12.1 Å². The van der Waals surface area contributed by atoms with Gasteiger partial charge in [0.05, 0.1) is 5.56 Å². The number of hydrogen-bond acceptors (Lipinski definition) is 2. The SMILES string of the molecule is CC(C)(C)c1csc2c(C(=O)O)cccc12. The molecule has 0 fully saturated rings. The van der Waals surface area contributed by atoms with E-state index >= 15 is 0 Å². The Bertz CT molecular complexity index is 547. The van der Waals surface area contributed by atoms with Crippen LogP contribution in [0.15, 0.2) is 23.6 Å². The topological polar surface area (TPSA) is 37.3 Å². The second-order valence-electron chi connectivity index (χ2n) is 4.89. The Kier molecular flexibility index (Phi) is 2.50. The predicted octanol–water partition coefficient (Wildman–Crippen LogP) is 3.90. The van der Waals surface area contributed by atoms with Crippen molar-refractivity contribution in [3.05, 3.63) is 34.7 Å². The van der Waals surface area contributed by atoms with Crippen molar-refractivity contribution in [2.24, 2.45) is 0 Å². The predicted molar refractivity (Wildman–Crippen MR) is 67.5 cm³/mol. The van der Waals surface area contributed by atoms with E-state index in [0.717, 1.165) is 10.1 Å². The van der Waals surface area contributed by atoms with Crippen molar-refractivity contribution in [2.45, 2.75) is 26.2 Å². The molecular weight excluding hydrogens is 220 g/mol. The summed E-state index contributed by atoms with van der Waals surface area (Å²) in [5.74, 6) is -0.854. The average molecular weight is 234 g/mol. The third-order valence-corrected chi connectivity index (χ3v) is 3.67. The number of hydrogen-bond donors (Lipinski definition) is 1. The quantitative estimate of drug-likeness (QED) is 0.812. The molecule has 0 saturated heterocycles. The summed E-state index contributed by atoms with van der Waals surface area (Å²) in [6.45, 7) is 6.42. The van der Waals surface area contributed by atoms with Gasteiger partial charge in [0.2, 0.25) is 0 Å². The van der Waals surface area contributed by atoms with Gasteiger partial charge in [0.25, 0.3) is 0 Å². The zero-order valence-corrected chi connectivity index (χ0v) is 10.4. The minimum atomic E-state index is -0.854. The number of benzene rings is 1. The Balaban J connectivity index is 2.76. The molecule has 2 aromatic rings. The summed E-state index contributed by atoms with van der Waals surface area (Å²) in [5, 5.41) is 12.2. The maximum absolute atomic E-state index is 11.1. The lowest BCUT2D eigenvalue weighted by molar-refractivity contribution is 0.0699. The molecular formula is C13H14O2S. The van der Waals surface area contributed by atoms with E-state index in [0.29, 0.717) is 5.56 Å². The van der Waals surface area contributed by atoms with E-state index in [1.54, 1.807) is 6.07 Å². The molecule has 1 aromatic carbocycles. The van der Waals surface area contributed by atoms with Crippen molar-refractivity contribution in [1.82, 2.24) is 0 Å². The highest BCUT2D eigenvalue weighted by Crippen LogP contribution is 2.36. The van der Waals surface area contributed by atoms with Gasteiger partial charge in [0.15, 0.2) is 0 Å². The van der Waals surface area contributed by atoms with Crippen LogP contribution in [0.2, 0.25) is 0 Å². The highest BCUT2D eigenvalue weighted by Gasteiger charge is 2.20. The molecule has 1 N–H and O–H groups in total. The summed E-state index contributed by atoms with van der Waals surface area (Å²) in [4.78, 5) is 11.1. The highest BCUT2D eigenvalue weighted by atomic mass is 32.1. The molecule has 1 heterocycles. The summed E-state index contributed by atoms with van der Waals surface area (Å²) in [5.41, 5.74) is 1.67. The molecule has 0 radical (unpaired) electrons. The summed E-state index contributed by atoms with van der Waals surface area (Å²) < 4.78 is 0.875. The van der Waals surface area contributed by atoms with Crippen LogP contribution in [-0.2, 0) is 5.41 Å². The summed E-state index contributed by atoms with van der Waals surface area (Å²) in [6, 6.07) is 5.47. The van der Waals surface area contributed by atoms with Gasteiger partial charge >= 0.3 is 5.97 Å². The summed E-state index contributed by atoms with van der Waals surface area (Å²) in [7, 11) is 0. The molecule has 0 aliphatic rings. The van der Waals surface area contributed by atoms with E-state index < -0.39 is 5.97 Å². The number of fused-ring (bicyclic) bond motifs is 1. The zero-order valence-electron chi connectivity index (χ0n) is 9.57. The van der Waals surface area contributed by atoms with Gasteiger partial charge in [-0.05, 0) is 27.8 Å². The zero-order chi connectivity index (χ0) is 11.9. The first kappa shape index (κ1) is 11.1. The normalized spacial score (nSPS) is 11.9. The van der Waals surface area contributed by atoms with Gasteiger partial charge in [-0.1, -0.05) is 32.9 Å². The van der Waals surface area contributed by atoms with E-state index in [2.05, 4.69) is 26.2 Å². The van der Waals surface area contributed by atoms with Crippen LogP contribution in [-0.4, -0.2) is 11.1 Å². The van der Waals surface area contributed by atoms with Crippen LogP contribution in [0.1, 0.15) is 36.7 Å². The molecule has 1 aromatic heterocycles. The van der Waals surface area contributed by atoms with Gasteiger partial charge in [-0.15, -0.1) is 11.3 Å². The average Bonchev–Trinajstić information content (AvgIpc) is 2.59. The second kappa shape index (κ2) is 3.59. The van der Waals surface area contributed by atoms with Crippen LogP contribution in [0.3, 0.4) is 0 Å². The van der Waals surface area contributed by atoms with Crippen LogP contribution < -0.4 is 0 Å². The van der Waals surface area contributed by atoms with Crippen LogP contribution in [0.25, 0.3) is 10.1 Å². The molecule has 0 amide bonds.